The van der Waals surface area contributed by atoms with Crippen molar-refractivity contribution in [2.45, 2.75) is 59.7 Å². The zero-order valence-corrected chi connectivity index (χ0v) is 15.0. The first-order chi connectivity index (χ1) is 9.66. The number of carbonyl (C=O) groups is 1. The van der Waals surface area contributed by atoms with Gasteiger partial charge < -0.3 is 4.52 Å². The van der Waals surface area contributed by atoms with Crippen LogP contribution in [0.15, 0.2) is 30.3 Å². The van der Waals surface area contributed by atoms with Crippen molar-refractivity contribution in [1.82, 2.24) is 5.09 Å². The Kier molecular flexibility index (Phi) is 7.91. The highest BCUT2D eigenvalue weighted by atomic mass is 31.2. The minimum absolute atomic E-state index is 0. The molecule has 0 heterocycles. The molecule has 0 aliphatic rings. The van der Waals surface area contributed by atoms with Crippen molar-refractivity contribution in [3.8, 4) is 5.75 Å². The molecule has 2 atom stereocenters. The largest absolute Gasteiger partial charge is 0.432 e. The Labute approximate surface area is 130 Å². The molecule has 122 valence electrons. The number of Topliss-reactive ketones (excluding diaryl/α,β-unsaturated/α-hetero) is 1. The van der Waals surface area contributed by atoms with Crippen LogP contribution in [0.1, 0.15) is 49.9 Å². The van der Waals surface area contributed by atoms with E-state index in [0.717, 1.165) is 0 Å². The Hall–Kier alpha value is -1.12. The number of benzene rings is 1. The van der Waals surface area contributed by atoms with Crippen molar-refractivity contribution in [2.24, 2.45) is 0 Å². The van der Waals surface area contributed by atoms with Crippen molar-refractivity contribution in [1.29, 1.82) is 0 Å². The van der Waals surface area contributed by atoms with Gasteiger partial charge in [-0.05, 0) is 46.8 Å². The molecule has 21 heavy (non-hydrogen) atoms. The van der Waals surface area contributed by atoms with E-state index in [-0.39, 0.29) is 7.21 Å². The van der Waals surface area contributed by atoms with Gasteiger partial charge in [-0.2, -0.15) is 0 Å². The summed E-state index contributed by atoms with van der Waals surface area (Å²) in [5.74, 6) is 0.463. The Balaban J connectivity index is 0. The standard InChI is InChI=1S/C14H22NO3P.C2H6.H2/c1-11(12(2)16)15-19(17,14(3,4)5)18-13-9-7-6-8-10-13;1-2;/h6-11H,1-5H3,(H,15,17);1-2H3;1H. The maximum atomic E-state index is 13.0. The van der Waals surface area contributed by atoms with Crippen molar-refractivity contribution < 1.29 is 15.3 Å². The molecule has 1 aromatic carbocycles. The molecule has 0 saturated heterocycles. The van der Waals surface area contributed by atoms with Crippen LogP contribution in [0.25, 0.3) is 0 Å². The van der Waals surface area contributed by atoms with Crippen LogP contribution in [0.2, 0.25) is 0 Å². The SMILES string of the molecule is CC.CC(=O)C(C)NP(=O)(Oc1ccccc1)C(C)(C)C.[HH]. The molecule has 1 aromatic rings. The van der Waals surface area contributed by atoms with Gasteiger partial charge in [-0.1, -0.05) is 32.0 Å². The molecule has 0 bridgehead atoms. The highest BCUT2D eigenvalue weighted by Crippen LogP contribution is 2.55. The van der Waals surface area contributed by atoms with E-state index in [1.807, 2.05) is 52.8 Å². The smallest absolute Gasteiger partial charge is 0.322 e. The lowest BCUT2D eigenvalue weighted by Gasteiger charge is -2.33. The van der Waals surface area contributed by atoms with Crippen molar-refractivity contribution in [3.63, 3.8) is 0 Å². The fraction of sp³-hybridized carbons (Fsp3) is 0.562. The van der Waals surface area contributed by atoms with Gasteiger partial charge in [0.25, 0.3) is 0 Å². The number of carbonyl (C=O) groups excluding carboxylic acids is 1. The summed E-state index contributed by atoms with van der Waals surface area (Å²) in [6.07, 6.45) is 0. The quantitative estimate of drug-likeness (QED) is 0.785. The zero-order chi connectivity index (χ0) is 16.7. The predicted octanol–water partition coefficient (Wildman–Crippen LogP) is 4.90. The number of hydrogen-bond donors (Lipinski definition) is 1. The summed E-state index contributed by atoms with van der Waals surface area (Å²) < 4.78 is 18.7. The molecule has 1 N–H and O–H groups in total. The summed E-state index contributed by atoms with van der Waals surface area (Å²) in [5, 5.41) is 2.26. The van der Waals surface area contributed by atoms with Gasteiger partial charge in [0.1, 0.15) is 11.5 Å². The van der Waals surface area contributed by atoms with Crippen LogP contribution in [0.4, 0.5) is 0 Å². The van der Waals surface area contributed by atoms with Crippen LogP contribution in [-0.2, 0) is 9.36 Å². The Bertz CT molecular complexity index is 486. The van der Waals surface area contributed by atoms with Gasteiger partial charge >= 0.3 is 7.52 Å². The van der Waals surface area contributed by atoms with Crippen LogP contribution in [0.3, 0.4) is 0 Å². The van der Waals surface area contributed by atoms with E-state index in [2.05, 4.69) is 5.09 Å². The summed E-state index contributed by atoms with van der Waals surface area (Å²) in [5.41, 5.74) is 0. The maximum Gasteiger partial charge on any atom is 0.322 e. The first-order valence-corrected chi connectivity index (χ1v) is 8.91. The van der Waals surface area contributed by atoms with E-state index in [1.54, 1.807) is 19.1 Å². The third-order valence-corrected chi connectivity index (χ3v) is 5.80. The summed E-state index contributed by atoms with van der Waals surface area (Å²) in [4.78, 5) is 11.4. The predicted molar refractivity (Wildman–Crippen MR) is 91.2 cm³/mol. The molecule has 0 fully saturated rings. The molecule has 0 aliphatic heterocycles. The molecule has 5 heteroatoms. The van der Waals surface area contributed by atoms with Gasteiger partial charge in [-0.15, -0.1) is 0 Å². The lowest BCUT2D eigenvalue weighted by molar-refractivity contribution is -0.118. The highest BCUT2D eigenvalue weighted by molar-refractivity contribution is 7.59. The third-order valence-electron chi connectivity index (χ3n) is 2.83. The average molecular weight is 315 g/mol. The van der Waals surface area contributed by atoms with Crippen molar-refractivity contribution in [3.05, 3.63) is 30.3 Å². The highest BCUT2D eigenvalue weighted by Gasteiger charge is 2.41. The molecule has 0 saturated carbocycles. The normalized spacial score (nSPS) is 15.2. The molecule has 4 nitrogen and oxygen atoms in total. The average Bonchev–Trinajstić information content (AvgIpc) is 2.40. The van der Waals surface area contributed by atoms with Gasteiger partial charge in [0.15, 0.2) is 0 Å². The Morgan fingerprint density at radius 3 is 2.10 bits per heavy atom. The van der Waals surface area contributed by atoms with Crippen LogP contribution in [0, 0.1) is 0 Å². The minimum Gasteiger partial charge on any atom is -0.432 e. The van der Waals surface area contributed by atoms with Gasteiger partial charge in [0.05, 0.1) is 11.2 Å². The second-order valence-corrected chi connectivity index (χ2v) is 8.47. The maximum absolute atomic E-state index is 13.0. The van der Waals surface area contributed by atoms with E-state index in [1.165, 1.54) is 6.92 Å². The fourth-order valence-electron chi connectivity index (χ4n) is 1.33. The van der Waals surface area contributed by atoms with E-state index in [9.17, 15) is 9.36 Å². The lowest BCUT2D eigenvalue weighted by atomic mass is 10.3. The van der Waals surface area contributed by atoms with Gasteiger partial charge in [-0.3, -0.25) is 9.36 Å². The number of hydrogen-bond acceptors (Lipinski definition) is 3. The van der Waals surface area contributed by atoms with Crippen LogP contribution in [-0.4, -0.2) is 17.0 Å². The van der Waals surface area contributed by atoms with Crippen LogP contribution < -0.4 is 9.61 Å². The first kappa shape index (κ1) is 19.9. The molecular formula is C16H30NO3P. The molecule has 0 amide bonds. The monoisotopic (exact) mass is 315 g/mol. The first-order valence-electron chi connectivity index (χ1n) is 7.29. The second kappa shape index (κ2) is 8.35. The van der Waals surface area contributed by atoms with Crippen LogP contribution >= 0.6 is 7.52 Å². The summed E-state index contributed by atoms with van der Waals surface area (Å²) >= 11 is 0. The summed E-state index contributed by atoms with van der Waals surface area (Å²) in [7, 11) is -3.21. The van der Waals surface area contributed by atoms with Gasteiger partial charge in [0, 0.05) is 1.43 Å². The Morgan fingerprint density at radius 1 is 1.24 bits per heavy atom. The fourth-order valence-corrected chi connectivity index (χ4v) is 3.16. The third kappa shape index (κ3) is 6.03. The molecule has 0 radical (unpaired) electrons. The van der Waals surface area contributed by atoms with Gasteiger partial charge in [-0.25, -0.2) is 5.09 Å². The van der Waals surface area contributed by atoms with Crippen molar-refractivity contribution >= 4 is 13.3 Å². The van der Waals surface area contributed by atoms with E-state index in [4.69, 9.17) is 4.52 Å². The zero-order valence-electron chi connectivity index (χ0n) is 14.1. The second-order valence-electron chi connectivity index (χ2n) is 5.59. The number of ketones is 1. The molecule has 1 rings (SSSR count). The van der Waals surface area contributed by atoms with Crippen LogP contribution in [0.5, 0.6) is 5.75 Å². The van der Waals surface area contributed by atoms with Crippen molar-refractivity contribution in [2.75, 3.05) is 0 Å². The Morgan fingerprint density at radius 2 is 1.71 bits per heavy atom. The van der Waals surface area contributed by atoms with Gasteiger partial charge in [0.2, 0.25) is 0 Å². The van der Waals surface area contributed by atoms with E-state index >= 15 is 0 Å². The lowest BCUT2D eigenvalue weighted by Crippen LogP contribution is -2.37. The minimum atomic E-state index is -3.21. The molecule has 0 spiro atoms. The molecule has 0 aliphatic carbocycles. The summed E-state index contributed by atoms with van der Waals surface area (Å²) in [6, 6.07) is 8.49. The topological polar surface area (TPSA) is 55.4 Å². The van der Waals surface area contributed by atoms with E-state index < -0.39 is 18.7 Å². The number of rotatable bonds is 5. The number of para-hydroxylation sites is 1. The molecule has 2 unspecified atom stereocenters. The molecular weight excluding hydrogens is 285 g/mol. The van der Waals surface area contributed by atoms with E-state index in [0.29, 0.717) is 5.75 Å². The molecule has 0 aromatic heterocycles. The number of nitrogens with one attached hydrogen (secondary N) is 1. The summed E-state index contributed by atoms with van der Waals surface area (Å²) in [6.45, 7) is 12.6.